The van der Waals surface area contributed by atoms with Gasteiger partial charge < -0.3 is 4.74 Å². The maximum Gasteiger partial charge on any atom is 0.317 e. The smallest absolute Gasteiger partial charge is 0.317 e. The van der Waals surface area contributed by atoms with Gasteiger partial charge in [-0.05, 0) is 43.4 Å². The van der Waals surface area contributed by atoms with Gasteiger partial charge in [0.2, 0.25) is 0 Å². The molecule has 0 saturated heterocycles. The van der Waals surface area contributed by atoms with Gasteiger partial charge in [0.25, 0.3) is 0 Å². The number of hydrogen-bond donors (Lipinski definition) is 0. The van der Waals surface area contributed by atoms with Gasteiger partial charge in [-0.1, -0.05) is 41.0 Å². The second kappa shape index (κ2) is 7.24. The molecule has 1 saturated carbocycles. The topological polar surface area (TPSA) is 43.4 Å². The molecule has 116 valence electrons. The summed E-state index contributed by atoms with van der Waals surface area (Å²) in [5.41, 5.74) is 0. The Bertz CT molecular complexity index is 346. The third-order valence-corrected chi connectivity index (χ3v) is 4.59. The Kier molecular flexibility index (Phi) is 6.22. The van der Waals surface area contributed by atoms with E-state index in [-0.39, 0.29) is 23.8 Å². The van der Waals surface area contributed by atoms with Gasteiger partial charge in [0, 0.05) is 0 Å². The van der Waals surface area contributed by atoms with Crippen LogP contribution in [0.25, 0.3) is 0 Å². The normalized spacial score (nSPS) is 28.5. The number of carbonyl (C=O) groups excluding carboxylic acids is 2. The third kappa shape index (κ3) is 4.32. The molecule has 3 nitrogen and oxygen atoms in total. The quantitative estimate of drug-likeness (QED) is 0.568. The van der Waals surface area contributed by atoms with Crippen LogP contribution in [-0.2, 0) is 14.3 Å². The highest BCUT2D eigenvalue weighted by Gasteiger charge is 2.36. The highest BCUT2D eigenvalue weighted by molar-refractivity contribution is 5.98. The summed E-state index contributed by atoms with van der Waals surface area (Å²) in [5.74, 6) is 0.508. The summed E-state index contributed by atoms with van der Waals surface area (Å²) in [6.07, 6.45) is 3.23. The minimum Gasteiger partial charge on any atom is -0.462 e. The first-order valence-electron chi connectivity index (χ1n) is 7.95. The summed E-state index contributed by atoms with van der Waals surface area (Å²) in [6.45, 7) is 11.9. The molecule has 0 unspecified atom stereocenters. The average molecular weight is 282 g/mol. The molecule has 1 fully saturated rings. The molecule has 1 aliphatic carbocycles. The molecular formula is C17H30O3. The monoisotopic (exact) mass is 282 g/mol. The molecule has 4 atom stereocenters. The van der Waals surface area contributed by atoms with E-state index in [2.05, 4.69) is 20.8 Å². The number of ether oxygens (including phenoxy) is 1. The van der Waals surface area contributed by atoms with Crippen molar-refractivity contribution in [2.24, 2.45) is 29.6 Å². The minimum atomic E-state index is -0.611. The van der Waals surface area contributed by atoms with Crippen molar-refractivity contribution < 1.29 is 14.3 Å². The fraction of sp³-hybridized carbons (Fsp3) is 0.882. The number of esters is 1. The van der Waals surface area contributed by atoms with Crippen LogP contribution in [-0.4, -0.2) is 17.9 Å². The number of carbonyl (C=O) groups is 2. The van der Waals surface area contributed by atoms with Gasteiger partial charge in [-0.2, -0.15) is 0 Å². The van der Waals surface area contributed by atoms with E-state index >= 15 is 0 Å². The van der Waals surface area contributed by atoms with E-state index in [1.54, 1.807) is 0 Å². The van der Waals surface area contributed by atoms with Crippen LogP contribution in [0.2, 0.25) is 0 Å². The largest absolute Gasteiger partial charge is 0.462 e. The van der Waals surface area contributed by atoms with Crippen molar-refractivity contribution in [2.75, 3.05) is 0 Å². The Labute approximate surface area is 123 Å². The van der Waals surface area contributed by atoms with Gasteiger partial charge in [-0.15, -0.1) is 0 Å². The van der Waals surface area contributed by atoms with Crippen molar-refractivity contribution in [3.8, 4) is 0 Å². The lowest BCUT2D eigenvalue weighted by atomic mass is 9.75. The molecule has 0 bridgehead atoms. The molecule has 1 aliphatic rings. The maximum absolute atomic E-state index is 12.3. The zero-order valence-electron chi connectivity index (χ0n) is 13.8. The van der Waals surface area contributed by atoms with E-state index in [1.807, 2.05) is 13.8 Å². The molecule has 0 aromatic carbocycles. The first kappa shape index (κ1) is 17.2. The first-order chi connectivity index (χ1) is 9.23. The van der Waals surface area contributed by atoms with Crippen LogP contribution in [0.5, 0.6) is 0 Å². The van der Waals surface area contributed by atoms with Crippen LogP contribution in [0, 0.1) is 29.6 Å². The lowest BCUT2D eigenvalue weighted by Crippen LogP contribution is -2.39. The predicted molar refractivity (Wildman–Crippen MR) is 80.2 cm³/mol. The van der Waals surface area contributed by atoms with Gasteiger partial charge in [0.05, 0.1) is 0 Å². The van der Waals surface area contributed by atoms with Gasteiger partial charge in [0.15, 0.2) is 0 Å². The molecule has 0 N–H and O–H groups in total. The SMILES string of the molecule is CC(=O)[C@H](C(=O)O[C@@H]1C[C@@H](C)CC[C@H]1C(C)C)C(C)C. The van der Waals surface area contributed by atoms with Crippen LogP contribution in [0.1, 0.15) is 60.8 Å². The zero-order valence-corrected chi connectivity index (χ0v) is 13.8. The molecule has 0 aliphatic heterocycles. The Hall–Kier alpha value is -0.860. The van der Waals surface area contributed by atoms with E-state index in [0.29, 0.717) is 17.8 Å². The summed E-state index contributed by atoms with van der Waals surface area (Å²) in [5, 5.41) is 0. The molecule has 0 spiro atoms. The van der Waals surface area contributed by atoms with Crippen LogP contribution < -0.4 is 0 Å². The van der Waals surface area contributed by atoms with Gasteiger partial charge in [-0.25, -0.2) is 0 Å². The van der Waals surface area contributed by atoms with E-state index in [4.69, 9.17) is 4.74 Å². The summed E-state index contributed by atoms with van der Waals surface area (Å²) >= 11 is 0. The molecule has 1 rings (SSSR count). The third-order valence-electron chi connectivity index (χ3n) is 4.59. The van der Waals surface area contributed by atoms with Crippen molar-refractivity contribution in [1.29, 1.82) is 0 Å². The first-order valence-corrected chi connectivity index (χ1v) is 7.95. The standard InChI is InChI=1S/C17H30O3/c1-10(2)14-8-7-12(5)9-15(14)20-17(19)16(11(3)4)13(6)18/h10-12,14-16H,7-9H2,1-6H3/t12-,14-,15+,16+/m0/s1. The van der Waals surface area contributed by atoms with E-state index < -0.39 is 5.92 Å². The number of hydrogen-bond acceptors (Lipinski definition) is 3. The highest BCUT2D eigenvalue weighted by Crippen LogP contribution is 2.36. The Morgan fingerprint density at radius 1 is 1.10 bits per heavy atom. The molecular weight excluding hydrogens is 252 g/mol. The highest BCUT2D eigenvalue weighted by atomic mass is 16.5. The molecule has 0 aromatic heterocycles. The fourth-order valence-electron chi connectivity index (χ4n) is 3.38. The molecule has 3 heteroatoms. The Morgan fingerprint density at radius 2 is 1.70 bits per heavy atom. The van der Waals surface area contributed by atoms with Crippen LogP contribution in [0.15, 0.2) is 0 Å². The lowest BCUT2D eigenvalue weighted by molar-refractivity contribution is -0.164. The number of ketones is 1. The summed E-state index contributed by atoms with van der Waals surface area (Å²) in [7, 11) is 0. The van der Waals surface area contributed by atoms with Gasteiger partial charge in [0.1, 0.15) is 17.8 Å². The molecule has 0 amide bonds. The van der Waals surface area contributed by atoms with Crippen molar-refractivity contribution in [1.82, 2.24) is 0 Å². The zero-order chi connectivity index (χ0) is 15.4. The van der Waals surface area contributed by atoms with Crippen molar-refractivity contribution in [2.45, 2.75) is 66.9 Å². The van der Waals surface area contributed by atoms with Gasteiger partial charge in [-0.3, -0.25) is 9.59 Å². The van der Waals surface area contributed by atoms with Crippen molar-refractivity contribution >= 4 is 11.8 Å². The van der Waals surface area contributed by atoms with Crippen LogP contribution in [0.3, 0.4) is 0 Å². The maximum atomic E-state index is 12.3. The number of rotatable bonds is 5. The van der Waals surface area contributed by atoms with Crippen LogP contribution >= 0.6 is 0 Å². The van der Waals surface area contributed by atoms with E-state index in [1.165, 1.54) is 13.3 Å². The molecule has 0 aromatic rings. The average Bonchev–Trinajstić information content (AvgIpc) is 2.26. The lowest BCUT2D eigenvalue weighted by Gasteiger charge is -2.37. The number of Topliss-reactive ketones (excluding diaryl/α,β-unsaturated/α-hetero) is 1. The van der Waals surface area contributed by atoms with Crippen LogP contribution in [0.4, 0.5) is 0 Å². The van der Waals surface area contributed by atoms with E-state index in [9.17, 15) is 9.59 Å². The van der Waals surface area contributed by atoms with E-state index in [0.717, 1.165) is 12.8 Å². The predicted octanol–water partition coefficient (Wildman–Crippen LogP) is 3.85. The summed E-state index contributed by atoms with van der Waals surface area (Å²) in [4.78, 5) is 24.0. The summed E-state index contributed by atoms with van der Waals surface area (Å²) in [6, 6.07) is 0. The Balaban J connectivity index is 2.76. The Morgan fingerprint density at radius 3 is 2.15 bits per heavy atom. The summed E-state index contributed by atoms with van der Waals surface area (Å²) < 4.78 is 5.76. The second-order valence-corrected chi connectivity index (χ2v) is 7.13. The second-order valence-electron chi connectivity index (χ2n) is 7.13. The molecule has 0 heterocycles. The van der Waals surface area contributed by atoms with Crippen molar-refractivity contribution in [3.05, 3.63) is 0 Å². The van der Waals surface area contributed by atoms with Crippen molar-refractivity contribution in [3.63, 3.8) is 0 Å². The molecule has 0 radical (unpaired) electrons. The van der Waals surface area contributed by atoms with Gasteiger partial charge >= 0.3 is 5.97 Å². The minimum absolute atomic E-state index is 0.00138. The fourth-order valence-corrected chi connectivity index (χ4v) is 3.38. The molecule has 20 heavy (non-hydrogen) atoms.